The van der Waals surface area contributed by atoms with E-state index in [1.165, 1.54) is 64.6 Å². The minimum atomic E-state index is 0.329. The summed E-state index contributed by atoms with van der Waals surface area (Å²) >= 11 is 1.95. The van der Waals surface area contributed by atoms with Crippen molar-refractivity contribution in [2.45, 2.75) is 38.1 Å². The predicted octanol–water partition coefficient (Wildman–Crippen LogP) is 10.1. The van der Waals surface area contributed by atoms with Crippen molar-refractivity contribution in [3.63, 3.8) is 0 Å². The molecule has 1 atom stereocenters. The van der Waals surface area contributed by atoms with Crippen molar-refractivity contribution in [1.82, 2.24) is 4.57 Å². The van der Waals surface area contributed by atoms with E-state index in [2.05, 4.69) is 114 Å². The maximum absolute atomic E-state index is 2.56. The number of aryl methyl sites for hydroxylation is 1. The van der Waals surface area contributed by atoms with Crippen LogP contribution in [0.15, 0.2) is 120 Å². The molecule has 5 aromatic rings. The minimum absolute atomic E-state index is 0.329. The second-order valence-electron chi connectivity index (χ2n) is 10.7. The summed E-state index contributed by atoms with van der Waals surface area (Å²) in [6.07, 6.45) is 22.0. The van der Waals surface area contributed by atoms with Crippen LogP contribution in [0.3, 0.4) is 0 Å². The first-order chi connectivity index (χ1) is 18.8. The first kappa shape index (κ1) is 22.1. The molecular weight excluding hydrogens is 478 g/mol. The summed E-state index contributed by atoms with van der Waals surface area (Å²) in [5.74, 6) is 0. The van der Waals surface area contributed by atoms with Gasteiger partial charge in [0.05, 0.1) is 6.04 Å². The summed E-state index contributed by atoms with van der Waals surface area (Å²) in [7, 11) is 0. The van der Waals surface area contributed by atoms with Crippen molar-refractivity contribution < 1.29 is 0 Å². The van der Waals surface area contributed by atoms with Crippen molar-refractivity contribution in [3.05, 3.63) is 136 Å². The minimum Gasteiger partial charge on any atom is -0.333 e. The van der Waals surface area contributed by atoms with E-state index >= 15 is 0 Å². The molecule has 3 aromatic carbocycles. The smallest absolute Gasteiger partial charge is 0.0560 e. The highest BCUT2D eigenvalue weighted by atomic mass is 32.1. The maximum atomic E-state index is 2.56. The average Bonchev–Trinajstić information content (AvgIpc) is 3.53. The molecule has 1 unspecified atom stereocenters. The van der Waals surface area contributed by atoms with Crippen molar-refractivity contribution in [2.75, 3.05) is 0 Å². The molecule has 2 heteroatoms. The van der Waals surface area contributed by atoms with Gasteiger partial charge < -0.3 is 4.57 Å². The fraction of sp³-hybridized carbons (Fsp3) is 0.167. The highest BCUT2D eigenvalue weighted by molar-refractivity contribution is 7.20. The van der Waals surface area contributed by atoms with E-state index in [0.717, 1.165) is 32.1 Å². The van der Waals surface area contributed by atoms with Gasteiger partial charge in [-0.2, -0.15) is 0 Å². The molecule has 38 heavy (non-hydrogen) atoms. The number of rotatable bonds is 3. The van der Waals surface area contributed by atoms with Crippen LogP contribution in [-0.2, 0) is 6.42 Å². The second kappa shape index (κ2) is 8.85. The van der Waals surface area contributed by atoms with Gasteiger partial charge in [-0.1, -0.05) is 85.0 Å². The molecule has 0 bridgehead atoms. The molecule has 0 amide bonds. The van der Waals surface area contributed by atoms with Crippen LogP contribution in [0.25, 0.3) is 37.5 Å². The van der Waals surface area contributed by atoms with Crippen molar-refractivity contribution in [3.8, 4) is 0 Å². The zero-order valence-electron chi connectivity index (χ0n) is 21.4. The van der Waals surface area contributed by atoms with Crippen molar-refractivity contribution in [1.29, 1.82) is 0 Å². The normalized spacial score (nSPS) is 19.1. The van der Waals surface area contributed by atoms with E-state index < -0.39 is 0 Å². The molecule has 0 saturated heterocycles. The lowest BCUT2D eigenvalue weighted by Crippen LogP contribution is -2.09. The maximum Gasteiger partial charge on any atom is 0.0560 e. The average molecular weight is 508 g/mol. The zero-order chi connectivity index (χ0) is 25.1. The van der Waals surface area contributed by atoms with Gasteiger partial charge >= 0.3 is 0 Å². The van der Waals surface area contributed by atoms with E-state index in [1.807, 2.05) is 11.3 Å². The second-order valence-corrected chi connectivity index (χ2v) is 11.7. The zero-order valence-corrected chi connectivity index (χ0v) is 22.2. The molecule has 8 rings (SSSR count). The van der Waals surface area contributed by atoms with Gasteiger partial charge in [0.2, 0.25) is 0 Å². The summed E-state index contributed by atoms with van der Waals surface area (Å²) in [5.41, 5.74) is 9.80. The Morgan fingerprint density at radius 1 is 0.789 bits per heavy atom. The highest BCUT2D eigenvalue weighted by Gasteiger charge is 2.22. The van der Waals surface area contributed by atoms with Crippen LogP contribution < -0.4 is 0 Å². The monoisotopic (exact) mass is 507 g/mol. The Morgan fingerprint density at radius 3 is 2.53 bits per heavy atom. The van der Waals surface area contributed by atoms with Gasteiger partial charge in [0, 0.05) is 31.4 Å². The molecular formula is C36H29NS. The standard InChI is InChI=1S/C36H29NS/c1-2-9-24(10-3-1)25-17-20-27(21-18-25)37-33-15-6-4-11-29(33)32-23-26(19-22-34(32)37)28-13-8-14-31-30-12-5-7-16-35(30)38-36(28)31/h1-2,4-7,9,11-13,15-20,22-23,27H,3,8,10,14,21H2. The quantitative estimate of drug-likeness (QED) is 0.229. The van der Waals surface area contributed by atoms with Gasteiger partial charge in [-0.25, -0.2) is 0 Å². The number of fused-ring (bicyclic) bond motifs is 6. The molecule has 0 spiro atoms. The Kier molecular flexibility index (Phi) is 5.16. The van der Waals surface area contributed by atoms with Gasteiger partial charge in [-0.15, -0.1) is 11.3 Å². The lowest BCUT2D eigenvalue weighted by molar-refractivity contribution is 0.644. The Balaban J connectivity index is 1.23. The van der Waals surface area contributed by atoms with Gasteiger partial charge in [-0.05, 0) is 89.6 Å². The molecule has 0 saturated carbocycles. The Bertz CT molecular complexity index is 1900. The number of nitrogens with zero attached hydrogens (tertiary/aromatic N) is 1. The Labute approximate surface area is 227 Å². The Morgan fingerprint density at radius 2 is 1.66 bits per heavy atom. The summed E-state index contributed by atoms with van der Waals surface area (Å²) in [5, 5.41) is 4.14. The van der Waals surface area contributed by atoms with E-state index in [9.17, 15) is 0 Å². The van der Waals surface area contributed by atoms with Crippen LogP contribution >= 0.6 is 11.3 Å². The Hall–Kier alpha value is -3.88. The fourth-order valence-electron chi connectivity index (χ4n) is 6.68. The van der Waals surface area contributed by atoms with Crippen molar-refractivity contribution in [2.24, 2.45) is 0 Å². The lowest BCUT2D eigenvalue weighted by atomic mass is 9.91. The molecule has 2 heterocycles. The van der Waals surface area contributed by atoms with E-state index in [4.69, 9.17) is 0 Å². The molecule has 3 aliphatic rings. The largest absolute Gasteiger partial charge is 0.333 e. The molecule has 0 aliphatic heterocycles. The number of hydrogen-bond donors (Lipinski definition) is 0. The SMILES string of the molecule is C1=CCCC(C2=CCC(n3c4ccccc4c4cc(C5=CCCc6c5sc5ccccc65)ccc43)C=C2)=C1. The fourth-order valence-corrected chi connectivity index (χ4v) is 7.99. The first-order valence-electron chi connectivity index (χ1n) is 13.8. The third-order valence-corrected chi connectivity index (χ3v) is 9.75. The third kappa shape index (κ3) is 3.44. The van der Waals surface area contributed by atoms with Gasteiger partial charge in [0.1, 0.15) is 0 Å². The molecule has 2 aromatic heterocycles. The molecule has 1 nitrogen and oxygen atoms in total. The van der Waals surface area contributed by atoms with Crippen LogP contribution in [0.4, 0.5) is 0 Å². The summed E-state index contributed by atoms with van der Waals surface area (Å²) in [4.78, 5) is 1.46. The molecule has 184 valence electrons. The van der Waals surface area contributed by atoms with E-state index in [0.29, 0.717) is 6.04 Å². The summed E-state index contributed by atoms with van der Waals surface area (Å²) in [6.45, 7) is 0. The summed E-state index contributed by atoms with van der Waals surface area (Å²) < 4.78 is 3.97. The molecule has 0 fully saturated rings. The molecule has 3 aliphatic carbocycles. The number of aromatic nitrogens is 1. The number of hydrogen-bond acceptors (Lipinski definition) is 1. The number of allylic oxidation sites excluding steroid dienone is 9. The number of para-hydroxylation sites is 1. The third-order valence-electron chi connectivity index (χ3n) is 8.50. The number of benzene rings is 3. The van der Waals surface area contributed by atoms with Crippen LogP contribution in [0, 0.1) is 0 Å². The van der Waals surface area contributed by atoms with Crippen LogP contribution in [0.2, 0.25) is 0 Å². The first-order valence-corrected chi connectivity index (χ1v) is 14.7. The van der Waals surface area contributed by atoms with Gasteiger partial charge in [-0.3, -0.25) is 0 Å². The molecule has 0 N–H and O–H groups in total. The number of thiophene rings is 1. The van der Waals surface area contributed by atoms with Crippen LogP contribution in [0.5, 0.6) is 0 Å². The van der Waals surface area contributed by atoms with Gasteiger partial charge in [0.15, 0.2) is 0 Å². The predicted molar refractivity (Wildman–Crippen MR) is 164 cm³/mol. The lowest BCUT2D eigenvalue weighted by Gasteiger charge is -2.22. The van der Waals surface area contributed by atoms with Crippen LogP contribution in [0.1, 0.15) is 47.7 Å². The summed E-state index contributed by atoms with van der Waals surface area (Å²) in [6, 6.07) is 25.4. The van der Waals surface area contributed by atoms with E-state index in [-0.39, 0.29) is 0 Å². The van der Waals surface area contributed by atoms with Crippen molar-refractivity contribution >= 4 is 48.8 Å². The van der Waals surface area contributed by atoms with E-state index in [1.54, 1.807) is 0 Å². The topological polar surface area (TPSA) is 4.93 Å². The van der Waals surface area contributed by atoms with Crippen LogP contribution in [-0.4, -0.2) is 4.57 Å². The highest BCUT2D eigenvalue weighted by Crippen LogP contribution is 2.44. The molecule has 0 radical (unpaired) electrons. The van der Waals surface area contributed by atoms with Gasteiger partial charge in [0.25, 0.3) is 0 Å².